The molecule has 0 amide bonds. The van der Waals surface area contributed by atoms with Crippen LogP contribution < -0.4 is 0 Å². The van der Waals surface area contributed by atoms with Gasteiger partial charge in [0, 0.05) is 22.3 Å². The van der Waals surface area contributed by atoms with Crippen LogP contribution in [-0.4, -0.2) is 43.4 Å². The standard InChI is InChI=1S/C36H42O7/c1-18(2)23-15-22(14-13-21-11-9-8-10-12-21)29(38)26-24(23)16-34(6)17-35(7)27(19(3)4)30(39)25(20(5)37)32(41)36(35,43)33(42)28(34)31(26)40/h8-12,15,18-19,27,38-39,42-43H,13-14,16-17H2,1-7H3/t27?,34-,35-,36+/m1/s1. The number of rotatable bonds is 6. The number of aromatic hydroxyl groups is 1. The highest BCUT2D eigenvalue weighted by Crippen LogP contribution is 2.65. The van der Waals surface area contributed by atoms with Crippen LogP contribution in [0.3, 0.4) is 0 Å². The molecule has 4 atom stereocenters. The number of fused-ring (bicyclic) bond motifs is 3. The van der Waals surface area contributed by atoms with Crippen molar-refractivity contribution in [3.63, 3.8) is 0 Å². The molecule has 0 bridgehead atoms. The van der Waals surface area contributed by atoms with Crippen molar-refractivity contribution >= 4 is 17.3 Å². The van der Waals surface area contributed by atoms with E-state index in [2.05, 4.69) is 0 Å². The second-order valence-electron chi connectivity index (χ2n) is 13.9. The topological polar surface area (TPSA) is 132 Å². The third kappa shape index (κ3) is 4.22. The number of phenolic OH excluding ortho intramolecular Hbond substituents is 1. The Labute approximate surface area is 253 Å². The molecule has 0 spiro atoms. The minimum atomic E-state index is -2.61. The SMILES string of the molecule is CC(=O)C1=C(O)C(C(C)C)[C@@]2(C)C[C@@]3(C)Cc4c(C(C)C)cc(CCc5ccccc5)c(O)c4C(=O)C3=C(O)[C@@]2(O)C1=O. The highest BCUT2D eigenvalue weighted by Gasteiger charge is 2.71. The first-order chi connectivity index (χ1) is 20.0. The summed E-state index contributed by atoms with van der Waals surface area (Å²) < 4.78 is 0. The molecule has 7 heteroatoms. The van der Waals surface area contributed by atoms with Crippen molar-refractivity contribution in [2.45, 2.75) is 85.7 Å². The van der Waals surface area contributed by atoms with Gasteiger partial charge in [0.1, 0.15) is 22.8 Å². The van der Waals surface area contributed by atoms with Crippen molar-refractivity contribution in [1.29, 1.82) is 0 Å². The smallest absolute Gasteiger partial charge is 0.209 e. The molecule has 7 nitrogen and oxygen atoms in total. The highest BCUT2D eigenvalue weighted by molar-refractivity contribution is 6.25. The largest absolute Gasteiger partial charge is 0.511 e. The summed E-state index contributed by atoms with van der Waals surface area (Å²) in [5.41, 5.74) is -2.33. The molecular formula is C36H42O7. The summed E-state index contributed by atoms with van der Waals surface area (Å²) in [4.78, 5) is 41.0. The van der Waals surface area contributed by atoms with Crippen LogP contribution >= 0.6 is 0 Å². The van der Waals surface area contributed by atoms with E-state index in [-0.39, 0.29) is 47.3 Å². The predicted octanol–water partition coefficient (Wildman–Crippen LogP) is 6.26. The zero-order valence-corrected chi connectivity index (χ0v) is 26.0. The normalized spacial score (nSPS) is 28.7. The number of carbonyl (C=O) groups is 3. The van der Waals surface area contributed by atoms with Crippen LogP contribution in [0.2, 0.25) is 0 Å². The van der Waals surface area contributed by atoms with Crippen LogP contribution in [0, 0.1) is 22.7 Å². The number of allylic oxidation sites excluding steroid dienone is 2. The lowest BCUT2D eigenvalue weighted by Gasteiger charge is -2.59. The van der Waals surface area contributed by atoms with Gasteiger partial charge < -0.3 is 20.4 Å². The predicted molar refractivity (Wildman–Crippen MR) is 163 cm³/mol. The van der Waals surface area contributed by atoms with Crippen LogP contribution in [0.25, 0.3) is 0 Å². The zero-order chi connectivity index (χ0) is 31.8. The van der Waals surface area contributed by atoms with E-state index in [1.54, 1.807) is 6.92 Å². The van der Waals surface area contributed by atoms with Gasteiger partial charge in [0.05, 0.1) is 5.56 Å². The zero-order valence-electron chi connectivity index (χ0n) is 26.0. The summed E-state index contributed by atoms with van der Waals surface area (Å²) in [7, 11) is 0. The van der Waals surface area contributed by atoms with Gasteiger partial charge in [-0.3, -0.25) is 14.4 Å². The fourth-order valence-corrected chi connectivity index (χ4v) is 8.52. The van der Waals surface area contributed by atoms with Gasteiger partial charge >= 0.3 is 0 Å². The molecule has 5 rings (SSSR count). The van der Waals surface area contributed by atoms with E-state index in [0.717, 1.165) is 18.1 Å². The average molecular weight is 587 g/mol. The molecular weight excluding hydrogens is 544 g/mol. The summed E-state index contributed by atoms with van der Waals surface area (Å²) in [5.74, 6) is -4.91. The van der Waals surface area contributed by atoms with Crippen LogP contribution in [-0.2, 0) is 28.9 Å². The lowest BCUT2D eigenvalue weighted by atomic mass is 9.44. The van der Waals surface area contributed by atoms with Gasteiger partial charge in [0.15, 0.2) is 17.2 Å². The molecule has 1 unspecified atom stereocenters. The molecule has 0 aliphatic heterocycles. The number of Topliss-reactive ketones (excluding diaryl/α,β-unsaturated/α-hetero) is 3. The van der Waals surface area contributed by atoms with Gasteiger partial charge in [-0.2, -0.15) is 0 Å². The minimum Gasteiger partial charge on any atom is -0.511 e. The van der Waals surface area contributed by atoms with Crippen molar-refractivity contribution in [1.82, 2.24) is 0 Å². The molecule has 4 N–H and O–H groups in total. The van der Waals surface area contributed by atoms with Crippen molar-refractivity contribution in [2.24, 2.45) is 22.7 Å². The molecule has 2 aromatic carbocycles. The fourth-order valence-electron chi connectivity index (χ4n) is 8.52. The maximum absolute atomic E-state index is 14.5. The fraction of sp³-hybridized carbons (Fsp3) is 0.472. The van der Waals surface area contributed by atoms with E-state index < -0.39 is 51.0 Å². The van der Waals surface area contributed by atoms with E-state index in [0.29, 0.717) is 24.0 Å². The number of carbonyl (C=O) groups excluding carboxylic acids is 3. The second kappa shape index (κ2) is 10.2. The first-order valence-corrected chi connectivity index (χ1v) is 15.1. The third-order valence-electron chi connectivity index (χ3n) is 10.3. The van der Waals surface area contributed by atoms with Gasteiger partial charge in [-0.1, -0.05) is 77.9 Å². The summed E-state index contributed by atoms with van der Waals surface area (Å²) >= 11 is 0. The first kappa shape index (κ1) is 30.7. The Bertz CT molecular complexity index is 1610. The molecule has 228 valence electrons. The quantitative estimate of drug-likeness (QED) is 0.294. The Kier molecular flexibility index (Phi) is 7.28. The highest BCUT2D eigenvalue weighted by atomic mass is 16.3. The van der Waals surface area contributed by atoms with Gasteiger partial charge in [-0.05, 0) is 66.7 Å². The minimum absolute atomic E-state index is 0.0289. The summed E-state index contributed by atoms with van der Waals surface area (Å²) in [6.07, 6.45) is 1.50. The molecule has 0 radical (unpaired) electrons. The molecule has 0 saturated heterocycles. The number of hydrogen-bond acceptors (Lipinski definition) is 7. The number of phenols is 1. The Balaban J connectivity index is 1.74. The monoisotopic (exact) mass is 586 g/mol. The van der Waals surface area contributed by atoms with E-state index in [1.165, 1.54) is 0 Å². The lowest BCUT2D eigenvalue weighted by Crippen LogP contribution is -2.67. The second-order valence-corrected chi connectivity index (χ2v) is 13.9. The van der Waals surface area contributed by atoms with Crippen molar-refractivity contribution in [3.8, 4) is 5.75 Å². The van der Waals surface area contributed by atoms with Crippen molar-refractivity contribution < 1.29 is 34.8 Å². The van der Waals surface area contributed by atoms with Crippen molar-refractivity contribution in [2.75, 3.05) is 0 Å². The van der Waals surface area contributed by atoms with Crippen LogP contribution in [0.15, 0.2) is 59.1 Å². The number of aliphatic hydroxyl groups excluding tert-OH is 2. The third-order valence-corrected chi connectivity index (χ3v) is 10.3. The molecule has 0 saturated carbocycles. The summed E-state index contributed by atoms with van der Waals surface area (Å²) in [5, 5.41) is 47.0. The van der Waals surface area contributed by atoms with E-state index in [9.17, 15) is 34.8 Å². The summed E-state index contributed by atoms with van der Waals surface area (Å²) in [6.45, 7) is 12.3. The average Bonchev–Trinajstić information content (AvgIpc) is 2.90. The number of hydrogen-bond donors (Lipinski definition) is 4. The molecule has 3 aliphatic carbocycles. The maximum atomic E-state index is 14.5. The van der Waals surface area contributed by atoms with Crippen molar-refractivity contribution in [3.05, 3.63) is 86.9 Å². The lowest BCUT2D eigenvalue weighted by molar-refractivity contribution is -0.171. The van der Waals surface area contributed by atoms with Gasteiger partial charge in [0.2, 0.25) is 5.78 Å². The Morgan fingerprint density at radius 1 is 1.00 bits per heavy atom. The first-order valence-electron chi connectivity index (χ1n) is 15.1. The number of ketones is 3. The molecule has 2 aromatic rings. The van der Waals surface area contributed by atoms with Crippen LogP contribution in [0.1, 0.15) is 93.4 Å². The Morgan fingerprint density at radius 3 is 2.19 bits per heavy atom. The summed E-state index contributed by atoms with van der Waals surface area (Å²) in [6, 6.07) is 11.8. The van der Waals surface area contributed by atoms with Gasteiger partial charge in [0.25, 0.3) is 0 Å². The van der Waals surface area contributed by atoms with E-state index in [4.69, 9.17) is 0 Å². The number of aliphatic hydroxyl groups is 3. The molecule has 3 aliphatic rings. The van der Waals surface area contributed by atoms with Crippen LogP contribution in [0.5, 0.6) is 5.75 Å². The number of aryl methyl sites for hydroxylation is 2. The van der Waals surface area contributed by atoms with Gasteiger partial charge in [-0.25, -0.2) is 0 Å². The molecule has 0 fully saturated rings. The van der Waals surface area contributed by atoms with Gasteiger partial charge in [-0.15, -0.1) is 0 Å². The van der Waals surface area contributed by atoms with E-state index >= 15 is 0 Å². The Hall–Kier alpha value is -3.71. The van der Waals surface area contributed by atoms with Crippen LogP contribution in [0.4, 0.5) is 0 Å². The maximum Gasteiger partial charge on any atom is 0.209 e. The van der Waals surface area contributed by atoms with E-state index in [1.807, 2.05) is 71.0 Å². The molecule has 0 heterocycles. The Morgan fingerprint density at radius 2 is 1.63 bits per heavy atom. The molecule has 43 heavy (non-hydrogen) atoms. The number of benzene rings is 2. The molecule has 0 aromatic heterocycles.